The molecule has 0 fully saturated rings. The molecule has 0 saturated heterocycles. The highest BCUT2D eigenvalue weighted by atomic mass is 16.5. The van der Waals surface area contributed by atoms with Gasteiger partial charge in [0.25, 0.3) is 0 Å². The highest BCUT2D eigenvalue weighted by Crippen LogP contribution is 2.12. The molecule has 0 bridgehead atoms. The number of hydrogen-bond donors (Lipinski definition) is 2. The third-order valence-corrected chi connectivity index (χ3v) is 2.96. The third kappa shape index (κ3) is 5.64. The number of nitrogens with zero attached hydrogens (tertiary/aromatic N) is 2. The number of aromatic amines is 1. The van der Waals surface area contributed by atoms with Crippen LogP contribution in [0.2, 0.25) is 0 Å². The van der Waals surface area contributed by atoms with E-state index in [0.29, 0.717) is 32.4 Å². The van der Waals surface area contributed by atoms with Crippen molar-refractivity contribution in [3.63, 3.8) is 0 Å². The van der Waals surface area contributed by atoms with E-state index in [4.69, 9.17) is 4.74 Å². The van der Waals surface area contributed by atoms with Gasteiger partial charge in [-0.05, 0) is 31.0 Å². The van der Waals surface area contributed by atoms with Crippen LogP contribution in [0.4, 0.5) is 0 Å². The summed E-state index contributed by atoms with van der Waals surface area (Å²) in [5.41, 5.74) is 1.16. The summed E-state index contributed by atoms with van der Waals surface area (Å²) in [4.78, 5) is 15.6. The van der Waals surface area contributed by atoms with Gasteiger partial charge in [0.1, 0.15) is 17.9 Å². The fraction of sp³-hybridized carbons (Fsp3) is 0.400. The van der Waals surface area contributed by atoms with Crippen molar-refractivity contribution in [2.75, 3.05) is 13.2 Å². The van der Waals surface area contributed by atoms with Crippen LogP contribution in [-0.4, -0.2) is 34.2 Å². The molecule has 112 valence electrons. The minimum Gasteiger partial charge on any atom is -0.494 e. The SMILES string of the molecule is Cc1cccc(OCCCC(=O)NCCc2ncn[nH]2)c1. The number of rotatable bonds is 8. The summed E-state index contributed by atoms with van der Waals surface area (Å²) in [5.74, 6) is 1.65. The maximum atomic E-state index is 11.6. The Balaban J connectivity index is 1.55. The van der Waals surface area contributed by atoms with Crippen LogP contribution in [0.15, 0.2) is 30.6 Å². The number of nitrogens with one attached hydrogen (secondary N) is 2. The van der Waals surface area contributed by atoms with E-state index >= 15 is 0 Å². The van der Waals surface area contributed by atoms with Crippen molar-refractivity contribution in [1.82, 2.24) is 20.5 Å². The molecule has 2 rings (SSSR count). The number of benzene rings is 1. The molecule has 6 heteroatoms. The smallest absolute Gasteiger partial charge is 0.220 e. The molecule has 0 atom stereocenters. The lowest BCUT2D eigenvalue weighted by Gasteiger charge is -2.07. The van der Waals surface area contributed by atoms with Crippen molar-refractivity contribution >= 4 is 5.91 Å². The first-order chi connectivity index (χ1) is 10.2. The molecule has 0 aliphatic heterocycles. The number of aromatic nitrogens is 3. The summed E-state index contributed by atoms with van der Waals surface area (Å²) in [6.45, 7) is 3.13. The second kappa shape index (κ2) is 8.04. The van der Waals surface area contributed by atoms with E-state index in [0.717, 1.165) is 17.1 Å². The quantitative estimate of drug-likeness (QED) is 0.724. The Morgan fingerprint density at radius 1 is 1.43 bits per heavy atom. The second-order valence-electron chi connectivity index (χ2n) is 4.80. The summed E-state index contributed by atoms with van der Waals surface area (Å²) >= 11 is 0. The first kappa shape index (κ1) is 15.0. The highest BCUT2D eigenvalue weighted by Gasteiger charge is 2.02. The van der Waals surface area contributed by atoms with E-state index in [-0.39, 0.29) is 5.91 Å². The molecule has 0 aliphatic carbocycles. The first-order valence-electron chi connectivity index (χ1n) is 7.04. The molecule has 21 heavy (non-hydrogen) atoms. The molecule has 2 aromatic rings. The van der Waals surface area contributed by atoms with Gasteiger partial charge in [0.15, 0.2) is 0 Å². The zero-order valence-corrected chi connectivity index (χ0v) is 12.1. The molecule has 0 radical (unpaired) electrons. The van der Waals surface area contributed by atoms with Crippen molar-refractivity contribution < 1.29 is 9.53 Å². The Morgan fingerprint density at radius 3 is 3.10 bits per heavy atom. The molecule has 1 amide bonds. The number of hydrogen-bond acceptors (Lipinski definition) is 4. The Hall–Kier alpha value is -2.37. The van der Waals surface area contributed by atoms with Crippen LogP contribution < -0.4 is 10.1 Å². The van der Waals surface area contributed by atoms with Crippen LogP contribution in [0.25, 0.3) is 0 Å². The summed E-state index contributed by atoms with van der Waals surface area (Å²) in [5, 5.41) is 9.35. The molecule has 1 aromatic heterocycles. The molecule has 2 N–H and O–H groups in total. The first-order valence-corrected chi connectivity index (χ1v) is 7.04. The zero-order valence-electron chi connectivity index (χ0n) is 12.1. The zero-order chi connectivity index (χ0) is 14.9. The Morgan fingerprint density at radius 2 is 2.33 bits per heavy atom. The van der Waals surface area contributed by atoms with Gasteiger partial charge in [0.2, 0.25) is 5.91 Å². The lowest BCUT2D eigenvalue weighted by Crippen LogP contribution is -2.26. The minimum absolute atomic E-state index is 0.0300. The largest absolute Gasteiger partial charge is 0.494 e. The van der Waals surface area contributed by atoms with E-state index < -0.39 is 0 Å². The van der Waals surface area contributed by atoms with E-state index in [9.17, 15) is 4.79 Å². The van der Waals surface area contributed by atoms with Crippen LogP contribution in [0, 0.1) is 6.92 Å². The fourth-order valence-corrected chi connectivity index (χ4v) is 1.89. The Bertz CT molecular complexity index is 555. The Kier molecular flexibility index (Phi) is 5.75. The number of H-pyrrole nitrogens is 1. The lowest BCUT2D eigenvalue weighted by molar-refractivity contribution is -0.121. The van der Waals surface area contributed by atoms with Gasteiger partial charge in [-0.1, -0.05) is 12.1 Å². The molecule has 0 unspecified atom stereocenters. The monoisotopic (exact) mass is 288 g/mol. The standard InChI is InChI=1S/C15H20N4O2/c1-12-4-2-5-13(10-12)21-9-3-6-15(20)16-8-7-14-17-11-18-19-14/h2,4-5,10-11H,3,6-9H2,1H3,(H,16,20)(H,17,18,19). The van der Waals surface area contributed by atoms with Gasteiger partial charge in [-0.2, -0.15) is 5.10 Å². The number of ether oxygens (including phenoxy) is 1. The Labute approximate surface area is 123 Å². The van der Waals surface area contributed by atoms with Crippen LogP contribution in [0.3, 0.4) is 0 Å². The van der Waals surface area contributed by atoms with Crippen LogP contribution in [0.1, 0.15) is 24.2 Å². The van der Waals surface area contributed by atoms with Crippen molar-refractivity contribution in [2.24, 2.45) is 0 Å². The van der Waals surface area contributed by atoms with Crippen molar-refractivity contribution in [3.8, 4) is 5.75 Å². The van der Waals surface area contributed by atoms with Crippen molar-refractivity contribution in [1.29, 1.82) is 0 Å². The molecule has 0 aliphatic rings. The van der Waals surface area contributed by atoms with Gasteiger partial charge in [-0.3, -0.25) is 9.89 Å². The van der Waals surface area contributed by atoms with E-state index in [2.05, 4.69) is 20.5 Å². The van der Waals surface area contributed by atoms with E-state index in [1.54, 1.807) is 0 Å². The molecule has 1 aromatic carbocycles. The van der Waals surface area contributed by atoms with E-state index in [1.807, 2.05) is 31.2 Å². The molecule has 0 spiro atoms. The molecule has 0 saturated carbocycles. The average molecular weight is 288 g/mol. The number of carbonyl (C=O) groups is 1. The lowest BCUT2D eigenvalue weighted by atomic mass is 10.2. The molecular formula is C15H20N4O2. The number of carbonyl (C=O) groups excluding carboxylic acids is 1. The predicted octanol–water partition coefficient (Wildman–Crippen LogP) is 1.63. The van der Waals surface area contributed by atoms with Gasteiger partial charge in [-0.25, -0.2) is 4.98 Å². The van der Waals surface area contributed by atoms with Gasteiger partial charge < -0.3 is 10.1 Å². The van der Waals surface area contributed by atoms with Gasteiger partial charge in [0.05, 0.1) is 6.61 Å². The van der Waals surface area contributed by atoms with Crippen molar-refractivity contribution in [2.45, 2.75) is 26.2 Å². The summed E-state index contributed by atoms with van der Waals surface area (Å²) in [6.07, 6.45) is 3.27. The van der Waals surface area contributed by atoms with Crippen molar-refractivity contribution in [3.05, 3.63) is 42.0 Å². The summed E-state index contributed by atoms with van der Waals surface area (Å²) in [7, 11) is 0. The number of aryl methyl sites for hydroxylation is 1. The molecular weight excluding hydrogens is 268 g/mol. The molecule has 1 heterocycles. The maximum absolute atomic E-state index is 11.6. The normalized spacial score (nSPS) is 10.3. The van der Waals surface area contributed by atoms with Crippen LogP contribution >= 0.6 is 0 Å². The maximum Gasteiger partial charge on any atom is 0.220 e. The van der Waals surface area contributed by atoms with E-state index in [1.165, 1.54) is 6.33 Å². The predicted molar refractivity (Wildman–Crippen MR) is 79.0 cm³/mol. The highest BCUT2D eigenvalue weighted by molar-refractivity contribution is 5.75. The minimum atomic E-state index is 0.0300. The van der Waals surface area contributed by atoms with Crippen LogP contribution in [0.5, 0.6) is 5.75 Å². The summed E-state index contributed by atoms with van der Waals surface area (Å²) < 4.78 is 5.60. The van der Waals surface area contributed by atoms with Gasteiger partial charge in [0, 0.05) is 19.4 Å². The van der Waals surface area contributed by atoms with Gasteiger partial charge >= 0.3 is 0 Å². The average Bonchev–Trinajstić information content (AvgIpc) is 2.97. The number of amides is 1. The topological polar surface area (TPSA) is 79.9 Å². The fourth-order valence-electron chi connectivity index (χ4n) is 1.89. The van der Waals surface area contributed by atoms with Gasteiger partial charge in [-0.15, -0.1) is 0 Å². The van der Waals surface area contributed by atoms with Crippen LogP contribution in [-0.2, 0) is 11.2 Å². The molecule has 6 nitrogen and oxygen atoms in total. The third-order valence-electron chi connectivity index (χ3n) is 2.96. The summed E-state index contributed by atoms with van der Waals surface area (Å²) in [6, 6.07) is 7.89. The second-order valence-corrected chi connectivity index (χ2v) is 4.80.